The summed E-state index contributed by atoms with van der Waals surface area (Å²) in [7, 11) is 0. The molecule has 2 aromatic carbocycles. The van der Waals surface area contributed by atoms with Gasteiger partial charge in [-0.2, -0.15) is 13.2 Å². The predicted octanol–water partition coefficient (Wildman–Crippen LogP) is -0.275. The molecule has 0 fully saturated rings. The van der Waals surface area contributed by atoms with Gasteiger partial charge >= 0.3 is 35.7 Å². The molecule has 1 N–H and O–H groups in total. The second kappa shape index (κ2) is 7.65. The number of nitro benzene ring substituents is 1. The summed E-state index contributed by atoms with van der Waals surface area (Å²) in [6.07, 6.45) is -4.60. The molecule has 0 saturated carbocycles. The van der Waals surface area contributed by atoms with E-state index in [0.717, 1.165) is 36.4 Å². The van der Waals surface area contributed by atoms with E-state index in [4.69, 9.17) is 0 Å². The van der Waals surface area contributed by atoms with Crippen LogP contribution in [0.4, 0.5) is 30.2 Å². The van der Waals surface area contributed by atoms with Crippen LogP contribution in [0.2, 0.25) is 0 Å². The molecule has 0 bridgehead atoms. The summed E-state index contributed by atoms with van der Waals surface area (Å²) < 4.78 is 38.0. The van der Waals surface area contributed by atoms with Crippen LogP contribution in [0, 0.1) is 10.1 Å². The van der Waals surface area contributed by atoms with Crippen molar-refractivity contribution >= 4 is 23.0 Å². The Kier molecular flexibility index (Phi) is 6.35. The number of alkyl halides is 3. The molecule has 0 aliphatic rings. The maximum atomic E-state index is 12.7. The fourth-order valence-electron chi connectivity index (χ4n) is 1.91. The van der Waals surface area contributed by atoms with Crippen molar-refractivity contribution in [2.24, 2.45) is 0 Å². The first-order chi connectivity index (χ1) is 10.7. The Labute approximate surface area is 155 Å². The van der Waals surface area contributed by atoms with E-state index >= 15 is 0 Å². The minimum atomic E-state index is -4.60. The Morgan fingerprint density at radius 3 is 2.29 bits per heavy atom. The normalized spacial score (nSPS) is 10.6. The van der Waals surface area contributed by atoms with Gasteiger partial charge in [-0.05, 0) is 18.2 Å². The zero-order valence-corrected chi connectivity index (χ0v) is 14.3. The number of hydrogen-bond acceptors (Lipinski definition) is 5. The van der Waals surface area contributed by atoms with Gasteiger partial charge in [-0.1, -0.05) is 18.2 Å². The first kappa shape index (κ1) is 19.9. The van der Waals surface area contributed by atoms with Crippen LogP contribution in [-0.4, -0.2) is 10.9 Å². The zero-order chi connectivity index (χ0) is 17.2. The van der Waals surface area contributed by atoms with E-state index in [1.165, 1.54) is 6.07 Å². The number of carboxylic acids is 1. The van der Waals surface area contributed by atoms with Crippen molar-refractivity contribution in [1.82, 2.24) is 0 Å². The third-order valence-corrected chi connectivity index (χ3v) is 2.92. The summed E-state index contributed by atoms with van der Waals surface area (Å²) in [5.74, 6) is -1.69. The van der Waals surface area contributed by atoms with Crippen molar-refractivity contribution in [2.45, 2.75) is 6.18 Å². The number of carbonyl (C=O) groups excluding carboxylic acids is 1. The molecule has 0 aliphatic heterocycles. The maximum Gasteiger partial charge on any atom is 1.00 e. The molecule has 2 aromatic rings. The van der Waals surface area contributed by atoms with Crippen LogP contribution in [-0.2, 0) is 6.18 Å². The number of aromatic carboxylic acids is 1. The molecule has 6 nitrogen and oxygen atoms in total. The van der Waals surface area contributed by atoms with E-state index in [1.54, 1.807) is 0 Å². The van der Waals surface area contributed by atoms with E-state index in [1.807, 2.05) is 0 Å². The predicted molar refractivity (Wildman–Crippen MR) is 72.2 cm³/mol. The molecule has 0 atom stereocenters. The summed E-state index contributed by atoms with van der Waals surface area (Å²) in [5.41, 5.74) is -2.69. The number of rotatable bonds is 4. The van der Waals surface area contributed by atoms with Crippen LogP contribution in [0.5, 0.6) is 0 Å². The molecule has 120 valence electrons. The second-order valence-electron chi connectivity index (χ2n) is 4.45. The van der Waals surface area contributed by atoms with Gasteiger partial charge in [0.2, 0.25) is 0 Å². The van der Waals surface area contributed by atoms with Crippen LogP contribution in [0.25, 0.3) is 0 Å². The number of carboxylic acid groups (broad SMARTS) is 1. The number of carbonyl (C=O) groups is 1. The molecule has 0 unspecified atom stereocenters. The standard InChI is InChI=1S/C14H9F3N2O4.Na/c15-14(16,17)8-3-1-4-9(7-8)18-12-10(13(20)21)5-2-6-11(12)19(22)23;/h1-7,18H,(H,20,21);/q;+1/p-1. The fourth-order valence-corrected chi connectivity index (χ4v) is 1.91. The van der Waals surface area contributed by atoms with Gasteiger partial charge in [-0.15, -0.1) is 0 Å². The molecule has 2 rings (SSSR count). The number of nitro groups is 1. The summed E-state index contributed by atoms with van der Waals surface area (Å²) in [5, 5.41) is 24.4. The summed E-state index contributed by atoms with van der Waals surface area (Å²) in [4.78, 5) is 21.2. The average Bonchev–Trinajstić information content (AvgIpc) is 2.46. The van der Waals surface area contributed by atoms with Crippen molar-refractivity contribution < 1.29 is 57.6 Å². The van der Waals surface area contributed by atoms with E-state index < -0.39 is 39.6 Å². The van der Waals surface area contributed by atoms with Crippen LogP contribution in [0.3, 0.4) is 0 Å². The summed E-state index contributed by atoms with van der Waals surface area (Å²) >= 11 is 0. The van der Waals surface area contributed by atoms with Crippen molar-refractivity contribution in [3.05, 3.63) is 63.7 Å². The Hall–Kier alpha value is -2.10. The van der Waals surface area contributed by atoms with Gasteiger partial charge in [0.15, 0.2) is 0 Å². The molecule has 0 aliphatic carbocycles. The van der Waals surface area contributed by atoms with Crippen LogP contribution < -0.4 is 40.0 Å². The number of nitrogens with zero attached hydrogens (tertiary/aromatic N) is 1. The minimum Gasteiger partial charge on any atom is -0.545 e. The van der Waals surface area contributed by atoms with Crippen molar-refractivity contribution in [1.29, 1.82) is 0 Å². The molecule has 0 heterocycles. The molecular formula is C14H8F3N2NaO4. The summed E-state index contributed by atoms with van der Waals surface area (Å²) in [6.45, 7) is 0. The van der Waals surface area contributed by atoms with E-state index in [9.17, 15) is 33.2 Å². The number of hydrogen-bond donors (Lipinski definition) is 1. The molecule has 10 heteroatoms. The molecule has 0 radical (unpaired) electrons. The van der Waals surface area contributed by atoms with Crippen molar-refractivity contribution in [2.75, 3.05) is 5.32 Å². The first-order valence-corrected chi connectivity index (χ1v) is 6.13. The molecule has 0 saturated heterocycles. The smallest absolute Gasteiger partial charge is 0.545 e. The largest absolute Gasteiger partial charge is 1.00 e. The number of benzene rings is 2. The summed E-state index contributed by atoms with van der Waals surface area (Å²) in [6, 6.07) is 7.09. The maximum absolute atomic E-state index is 12.7. The van der Waals surface area contributed by atoms with E-state index in [2.05, 4.69) is 5.32 Å². The van der Waals surface area contributed by atoms with Gasteiger partial charge in [-0.3, -0.25) is 10.1 Å². The van der Waals surface area contributed by atoms with Crippen molar-refractivity contribution in [3.63, 3.8) is 0 Å². The Morgan fingerprint density at radius 2 is 1.75 bits per heavy atom. The Balaban J connectivity index is 0.00000288. The topological polar surface area (TPSA) is 95.3 Å². The van der Waals surface area contributed by atoms with Gasteiger partial charge in [0, 0.05) is 17.3 Å². The number of anilines is 2. The number of nitrogens with one attached hydrogen (secondary N) is 1. The van der Waals surface area contributed by atoms with Gasteiger partial charge in [0.25, 0.3) is 5.69 Å². The van der Waals surface area contributed by atoms with Crippen LogP contribution in [0.15, 0.2) is 42.5 Å². The van der Waals surface area contributed by atoms with Crippen LogP contribution >= 0.6 is 0 Å². The fraction of sp³-hybridized carbons (Fsp3) is 0.0714. The molecular weight excluding hydrogens is 340 g/mol. The number of halogens is 3. The molecule has 0 amide bonds. The Morgan fingerprint density at radius 1 is 1.12 bits per heavy atom. The SMILES string of the molecule is O=C([O-])c1cccc([N+](=O)[O-])c1Nc1cccc(C(F)(F)F)c1.[Na+]. The van der Waals surface area contributed by atoms with E-state index in [0.29, 0.717) is 0 Å². The van der Waals surface area contributed by atoms with Crippen LogP contribution in [0.1, 0.15) is 15.9 Å². The molecule has 0 aromatic heterocycles. The first-order valence-electron chi connectivity index (χ1n) is 6.13. The minimum absolute atomic E-state index is 0. The second-order valence-corrected chi connectivity index (χ2v) is 4.45. The van der Waals surface area contributed by atoms with Gasteiger partial charge in [0.1, 0.15) is 5.69 Å². The quantitative estimate of drug-likeness (QED) is 0.466. The van der Waals surface area contributed by atoms with Gasteiger partial charge in [0.05, 0.1) is 16.5 Å². The van der Waals surface area contributed by atoms with E-state index in [-0.39, 0.29) is 35.2 Å². The molecule has 0 spiro atoms. The molecule has 24 heavy (non-hydrogen) atoms. The number of para-hydroxylation sites is 1. The van der Waals surface area contributed by atoms with Gasteiger partial charge < -0.3 is 15.2 Å². The third kappa shape index (κ3) is 4.47. The monoisotopic (exact) mass is 348 g/mol. The Bertz CT molecular complexity index is 749. The average molecular weight is 348 g/mol. The van der Waals surface area contributed by atoms with Gasteiger partial charge in [-0.25, -0.2) is 0 Å². The zero-order valence-electron chi connectivity index (χ0n) is 12.3. The third-order valence-electron chi connectivity index (χ3n) is 2.92. The van der Waals surface area contributed by atoms with Crippen molar-refractivity contribution in [3.8, 4) is 0 Å².